The lowest BCUT2D eigenvalue weighted by Gasteiger charge is -2.36. The van der Waals surface area contributed by atoms with Crippen LogP contribution in [0.3, 0.4) is 0 Å². The molecule has 0 aliphatic rings. The summed E-state index contributed by atoms with van der Waals surface area (Å²) in [5.41, 5.74) is -8.20. The second kappa shape index (κ2) is 10.5. The van der Waals surface area contributed by atoms with Gasteiger partial charge < -0.3 is 10.6 Å². The van der Waals surface area contributed by atoms with Crippen LogP contribution in [0, 0.1) is 19.8 Å². The number of amides is 2. The number of hydrogen-bond acceptors (Lipinski definition) is 3. The molecule has 0 radical (unpaired) electrons. The summed E-state index contributed by atoms with van der Waals surface area (Å²) in [5, 5.41) is 4.88. The van der Waals surface area contributed by atoms with Crippen LogP contribution in [-0.2, 0) is 5.67 Å². The molecule has 0 aliphatic heterocycles. The molecule has 1 atom stereocenters. The number of aryl methyl sites for hydroxylation is 2. The predicted octanol–water partition coefficient (Wildman–Crippen LogP) is 7.28. The number of alkyl halides is 6. The lowest BCUT2D eigenvalue weighted by atomic mass is 9.83. The average molecular weight is 553 g/mol. The van der Waals surface area contributed by atoms with Crippen molar-refractivity contribution in [2.45, 2.75) is 38.5 Å². The summed E-state index contributed by atoms with van der Waals surface area (Å²) in [6, 6.07) is 9.20. The Morgan fingerprint density at radius 1 is 0.872 bits per heavy atom. The zero-order valence-corrected chi connectivity index (χ0v) is 20.8. The fraction of sp³-hybridized carbons (Fsp3) is 0.222. The molecule has 0 saturated heterocycles. The number of nitrogens with zero attached hydrogens (tertiary/aromatic N) is 1. The molecule has 3 rings (SSSR count). The maximum Gasteiger partial charge on any atom is 0.433 e. The van der Waals surface area contributed by atoms with Crippen LogP contribution in [0.15, 0.2) is 66.9 Å². The topological polar surface area (TPSA) is 71.1 Å². The van der Waals surface area contributed by atoms with Crippen LogP contribution in [0.4, 0.5) is 42.1 Å². The summed E-state index contributed by atoms with van der Waals surface area (Å²) in [7, 11) is 0. The van der Waals surface area contributed by atoms with E-state index in [9.17, 15) is 35.9 Å². The fourth-order valence-corrected chi connectivity index (χ4v) is 3.85. The summed E-state index contributed by atoms with van der Waals surface area (Å²) >= 11 is 0. The number of carbonyl (C=O) groups is 2. The third-order valence-corrected chi connectivity index (χ3v) is 5.91. The van der Waals surface area contributed by atoms with Crippen molar-refractivity contribution in [3.05, 3.63) is 101 Å². The van der Waals surface area contributed by atoms with Crippen LogP contribution in [0.25, 0.3) is 0 Å². The molecule has 0 spiro atoms. The smallest absolute Gasteiger partial charge is 0.322 e. The van der Waals surface area contributed by atoms with Gasteiger partial charge in [0, 0.05) is 28.7 Å². The van der Waals surface area contributed by atoms with Crippen LogP contribution < -0.4 is 10.6 Å². The van der Waals surface area contributed by atoms with Gasteiger partial charge in [0.1, 0.15) is 0 Å². The second-order valence-electron chi connectivity index (χ2n) is 8.83. The molecule has 5 nitrogen and oxygen atoms in total. The lowest BCUT2D eigenvalue weighted by molar-refractivity contribution is -0.298. The van der Waals surface area contributed by atoms with Crippen molar-refractivity contribution in [3.63, 3.8) is 0 Å². The van der Waals surface area contributed by atoms with Gasteiger partial charge in [-0.3, -0.25) is 9.59 Å². The molecular weight excluding hydrogens is 531 g/mol. The molecule has 3 aromatic rings. The molecule has 1 heterocycles. The fourth-order valence-electron chi connectivity index (χ4n) is 3.85. The maximum atomic E-state index is 15.3. The van der Waals surface area contributed by atoms with Crippen molar-refractivity contribution in [1.82, 2.24) is 4.98 Å². The number of aromatic nitrogens is 1. The van der Waals surface area contributed by atoms with E-state index in [0.717, 1.165) is 6.20 Å². The van der Waals surface area contributed by atoms with Gasteiger partial charge in [-0.15, -0.1) is 0 Å². The van der Waals surface area contributed by atoms with E-state index in [4.69, 9.17) is 0 Å². The van der Waals surface area contributed by atoms with Crippen molar-refractivity contribution >= 4 is 23.2 Å². The van der Waals surface area contributed by atoms with Crippen molar-refractivity contribution in [2.24, 2.45) is 0 Å². The number of allylic oxidation sites excluding steroid dienone is 1. The Kier molecular flexibility index (Phi) is 7.90. The summed E-state index contributed by atoms with van der Waals surface area (Å²) in [6.07, 6.45) is -4.82. The first kappa shape index (κ1) is 29.3. The van der Waals surface area contributed by atoms with Crippen LogP contribution >= 0.6 is 0 Å². The van der Waals surface area contributed by atoms with Gasteiger partial charge in [0.2, 0.25) is 5.95 Å². The highest BCUT2D eigenvalue weighted by molar-refractivity contribution is 6.07. The van der Waals surface area contributed by atoms with Crippen molar-refractivity contribution in [2.75, 3.05) is 10.6 Å². The van der Waals surface area contributed by atoms with Gasteiger partial charge in [-0.1, -0.05) is 24.8 Å². The highest BCUT2D eigenvalue weighted by Crippen LogP contribution is 2.55. The van der Waals surface area contributed by atoms with Gasteiger partial charge in [-0.25, -0.2) is 9.37 Å². The quantitative estimate of drug-likeness (QED) is 0.184. The van der Waals surface area contributed by atoms with Gasteiger partial charge in [-0.05, 0) is 67.8 Å². The Balaban J connectivity index is 1.91. The number of nitrogens with one attached hydrogen (secondary N) is 2. The molecule has 0 bridgehead atoms. The lowest BCUT2D eigenvalue weighted by Crippen LogP contribution is -2.53. The number of hydrogen-bond donors (Lipinski definition) is 2. The monoisotopic (exact) mass is 553 g/mol. The van der Waals surface area contributed by atoms with Crippen molar-refractivity contribution < 1.29 is 40.3 Å². The first-order chi connectivity index (χ1) is 18.0. The van der Waals surface area contributed by atoms with Crippen LogP contribution in [0.1, 0.15) is 44.3 Å². The molecule has 1 unspecified atom stereocenters. The molecule has 0 aliphatic carbocycles. The molecule has 2 aromatic carbocycles. The van der Waals surface area contributed by atoms with Crippen molar-refractivity contribution in [3.8, 4) is 0 Å². The molecular formula is C27H22F7N3O2. The Morgan fingerprint density at radius 3 is 2.03 bits per heavy atom. The van der Waals surface area contributed by atoms with Crippen LogP contribution in [0.2, 0.25) is 0 Å². The van der Waals surface area contributed by atoms with E-state index in [1.54, 1.807) is 0 Å². The molecule has 1 aromatic heterocycles. The summed E-state index contributed by atoms with van der Waals surface area (Å²) in [4.78, 5) is 28.6. The van der Waals surface area contributed by atoms with E-state index >= 15 is 4.39 Å². The first-order valence-corrected chi connectivity index (χ1v) is 11.2. The number of carbonyl (C=O) groups excluding carboxylic acids is 2. The van der Waals surface area contributed by atoms with Gasteiger partial charge >= 0.3 is 12.1 Å². The SMILES string of the molecule is C=C(C)C(F)(F)C(F)(c1cc(C)c(NC(=O)c2cccc(NC(=O)c3cccnc3F)c2)c(C)c1)C(F)(F)F. The van der Waals surface area contributed by atoms with Gasteiger partial charge in [0.15, 0.2) is 0 Å². The molecule has 39 heavy (non-hydrogen) atoms. The zero-order chi connectivity index (χ0) is 29.3. The Labute approximate surface area is 218 Å². The second-order valence-corrected chi connectivity index (χ2v) is 8.83. The van der Waals surface area contributed by atoms with Gasteiger partial charge in [0.05, 0.1) is 5.56 Å². The number of pyridine rings is 1. The third-order valence-electron chi connectivity index (χ3n) is 5.91. The molecule has 2 amide bonds. The first-order valence-electron chi connectivity index (χ1n) is 11.2. The summed E-state index contributed by atoms with van der Waals surface area (Å²) in [5.74, 6) is -7.57. The number of halogens is 7. The zero-order valence-electron chi connectivity index (χ0n) is 20.8. The Bertz CT molecular complexity index is 1430. The van der Waals surface area contributed by atoms with E-state index in [-0.39, 0.29) is 33.6 Å². The third kappa shape index (κ3) is 5.50. The van der Waals surface area contributed by atoms with Crippen molar-refractivity contribution in [1.29, 1.82) is 0 Å². The number of rotatable bonds is 7. The molecule has 12 heteroatoms. The largest absolute Gasteiger partial charge is 0.433 e. The minimum Gasteiger partial charge on any atom is -0.322 e. The van der Waals surface area contributed by atoms with Gasteiger partial charge in [-0.2, -0.15) is 26.3 Å². The highest BCUT2D eigenvalue weighted by atomic mass is 19.4. The predicted molar refractivity (Wildman–Crippen MR) is 131 cm³/mol. The highest BCUT2D eigenvalue weighted by Gasteiger charge is 2.72. The minimum absolute atomic E-state index is 0.00807. The normalized spacial score (nSPS) is 13.4. The van der Waals surface area contributed by atoms with E-state index in [0.29, 0.717) is 19.1 Å². The molecule has 0 fully saturated rings. The van der Waals surface area contributed by atoms with Crippen LogP contribution in [0.5, 0.6) is 0 Å². The summed E-state index contributed by atoms with van der Waals surface area (Å²) < 4.78 is 99.1. The molecule has 2 N–H and O–H groups in total. The summed E-state index contributed by atoms with van der Waals surface area (Å²) in [6.45, 7) is 5.86. The molecule has 206 valence electrons. The van der Waals surface area contributed by atoms with Gasteiger partial charge in [0.25, 0.3) is 17.5 Å². The minimum atomic E-state index is -5.98. The van der Waals surface area contributed by atoms with E-state index in [2.05, 4.69) is 22.2 Å². The van der Waals surface area contributed by atoms with Crippen LogP contribution in [-0.4, -0.2) is 28.9 Å². The standard InChI is InChI=1S/C27H22F7N3O2/c1-14(2)26(30,31)25(29,27(32,33)34)18-11-15(3)21(16(4)12-18)37-23(38)17-7-5-8-19(13-17)36-24(39)20-9-6-10-35-22(20)28/h5-13H,1H2,2-4H3,(H,36,39)(H,37,38). The number of benzene rings is 2. The Hall–Kier alpha value is -4.22. The Morgan fingerprint density at radius 2 is 1.49 bits per heavy atom. The maximum absolute atomic E-state index is 15.3. The number of anilines is 2. The van der Waals surface area contributed by atoms with E-state index in [1.165, 1.54) is 50.2 Å². The average Bonchev–Trinajstić information content (AvgIpc) is 2.84. The van der Waals surface area contributed by atoms with E-state index in [1.807, 2.05) is 0 Å². The van der Waals surface area contributed by atoms with E-state index < -0.39 is 46.7 Å². The molecule has 0 saturated carbocycles.